The second-order valence-electron chi connectivity index (χ2n) is 3.58. The molecule has 0 heterocycles. The molecule has 3 unspecified atom stereocenters. The van der Waals surface area contributed by atoms with Crippen LogP contribution in [0.1, 0.15) is 47.0 Å². The molecule has 68 valence electrons. The molecule has 0 aliphatic rings. The van der Waals surface area contributed by atoms with Gasteiger partial charge in [-0.25, -0.2) is 0 Å². The fourth-order valence-corrected chi connectivity index (χ4v) is 1.64. The van der Waals surface area contributed by atoms with E-state index in [2.05, 4.69) is 20.8 Å². The Bertz CT molecular complexity index is 88.9. The third-order valence-corrected chi connectivity index (χ3v) is 2.62. The normalized spacial score (nSPS) is 19.4. The zero-order chi connectivity index (χ0) is 8.85. The Hall–Kier alpha value is -0.0400. The van der Waals surface area contributed by atoms with Gasteiger partial charge >= 0.3 is 0 Å². The minimum atomic E-state index is -0.134. The van der Waals surface area contributed by atoms with Gasteiger partial charge in [-0.3, -0.25) is 0 Å². The highest BCUT2D eigenvalue weighted by atomic mass is 16.3. The van der Waals surface area contributed by atoms with Gasteiger partial charge in [0.2, 0.25) is 0 Å². The van der Waals surface area contributed by atoms with Crippen LogP contribution in [0.3, 0.4) is 0 Å². The van der Waals surface area contributed by atoms with E-state index in [1.54, 1.807) is 0 Å². The molecule has 0 aromatic carbocycles. The summed E-state index contributed by atoms with van der Waals surface area (Å²) in [5, 5.41) is 9.44. The maximum absolute atomic E-state index is 9.44. The molecule has 0 spiro atoms. The lowest BCUT2D eigenvalue weighted by atomic mass is 9.84. The predicted molar refractivity (Wildman–Crippen MR) is 49.5 cm³/mol. The van der Waals surface area contributed by atoms with Crippen LogP contribution >= 0.6 is 0 Å². The first kappa shape index (κ1) is 11.0. The van der Waals surface area contributed by atoms with Crippen LogP contribution in [0.5, 0.6) is 0 Å². The van der Waals surface area contributed by atoms with Gasteiger partial charge in [0.1, 0.15) is 0 Å². The summed E-state index contributed by atoms with van der Waals surface area (Å²) >= 11 is 0. The Balaban J connectivity index is 3.87. The van der Waals surface area contributed by atoms with Crippen molar-refractivity contribution in [2.24, 2.45) is 11.8 Å². The summed E-state index contributed by atoms with van der Waals surface area (Å²) in [5.41, 5.74) is 0. The number of aliphatic hydroxyl groups is 1. The highest BCUT2D eigenvalue weighted by Crippen LogP contribution is 2.23. The Morgan fingerprint density at radius 2 is 1.73 bits per heavy atom. The van der Waals surface area contributed by atoms with E-state index < -0.39 is 0 Å². The molecule has 0 aliphatic carbocycles. The number of hydrogen-bond donors (Lipinski definition) is 1. The number of hydrogen-bond acceptors (Lipinski definition) is 1. The first-order chi connectivity index (χ1) is 5.13. The van der Waals surface area contributed by atoms with Gasteiger partial charge < -0.3 is 5.11 Å². The summed E-state index contributed by atoms with van der Waals surface area (Å²) in [6.07, 6.45) is 3.38. The van der Waals surface area contributed by atoms with Crippen molar-refractivity contribution in [1.82, 2.24) is 0 Å². The van der Waals surface area contributed by atoms with E-state index in [9.17, 15) is 5.11 Å². The maximum Gasteiger partial charge on any atom is 0.0542 e. The zero-order valence-electron chi connectivity index (χ0n) is 8.30. The van der Waals surface area contributed by atoms with E-state index in [1.165, 1.54) is 12.8 Å². The molecule has 3 atom stereocenters. The SMILES string of the molecule is CCCC(C(C)O)C(C)CC. The van der Waals surface area contributed by atoms with Crippen LogP contribution in [-0.4, -0.2) is 11.2 Å². The summed E-state index contributed by atoms with van der Waals surface area (Å²) in [4.78, 5) is 0. The lowest BCUT2D eigenvalue weighted by Crippen LogP contribution is -2.23. The standard InChI is InChI=1S/C10H22O/c1-5-7-10(9(4)11)8(3)6-2/h8-11H,5-7H2,1-4H3. The molecule has 0 fully saturated rings. The minimum Gasteiger partial charge on any atom is -0.393 e. The van der Waals surface area contributed by atoms with Crippen molar-refractivity contribution in [3.63, 3.8) is 0 Å². The lowest BCUT2D eigenvalue weighted by molar-refractivity contribution is 0.0848. The van der Waals surface area contributed by atoms with Crippen molar-refractivity contribution in [3.05, 3.63) is 0 Å². The number of rotatable bonds is 5. The first-order valence-electron chi connectivity index (χ1n) is 4.81. The van der Waals surface area contributed by atoms with Crippen molar-refractivity contribution in [3.8, 4) is 0 Å². The van der Waals surface area contributed by atoms with Crippen LogP contribution in [0.15, 0.2) is 0 Å². The average Bonchev–Trinajstić information content (AvgIpc) is 1.98. The van der Waals surface area contributed by atoms with Gasteiger partial charge in [0.25, 0.3) is 0 Å². The van der Waals surface area contributed by atoms with Crippen molar-refractivity contribution < 1.29 is 5.11 Å². The van der Waals surface area contributed by atoms with Gasteiger partial charge in [-0.2, -0.15) is 0 Å². The molecule has 0 rings (SSSR count). The summed E-state index contributed by atoms with van der Waals surface area (Å²) in [7, 11) is 0. The fourth-order valence-electron chi connectivity index (χ4n) is 1.64. The molecule has 0 aromatic rings. The summed E-state index contributed by atoms with van der Waals surface area (Å²) in [5.74, 6) is 1.17. The average molecular weight is 158 g/mol. The zero-order valence-corrected chi connectivity index (χ0v) is 8.30. The van der Waals surface area contributed by atoms with Gasteiger partial charge in [0, 0.05) is 0 Å². The van der Waals surface area contributed by atoms with E-state index in [0.29, 0.717) is 11.8 Å². The van der Waals surface area contributed by atoms with Crippen LogP contribution in [0, 0.1) is 11.8 Å². The van der Waals surface area contributed by atoms with Crippen LogP contribution in [0.4, 0.5) is 0 Å². The van der Waals surface area contributed by atoms with Gasteiger partial charge in [-0.05, 0) is 25.2 Å². The summed E-state index contributed by atoms with van der Waals surface area (Å²) in [6.45, 7) is 8.51. The van der Waals surface area contributed by atoms with Gasteiger partial charge in [0.15, 0.2) is 0 Å². The molecule has 0 amide bonds. The third-order valence-electron chi connectivity index (χ3n) is 2.62. The van der Waals surface area contributed by atoms with Crippen LogP contribution in [0.25, 0.3) is 0 Å². The molecule has 0 aliphatic heterocycles. The van der Waals surface area contributed by atoms with Crippen molar-refractivity contribution in [1.29, 1.82) is 0 Å². The lowest BCUT2D eigenvalue weighted by Gasteiger charge is -2.25. The van der Waals surface area contributed by atoms with E-state index in [4.69, 9.17) is 0 Å². The Kier molecular flexibility index (Phi) is 5.57. The van der Waals surface area contributed by atoms with E-state index in [-0.39, 0.29) is 6.10 Å². The quantitative estimate of drug-likeness (QED) is 0.652. The number of aliphatic hydroxyl groups excluding tert-OH is 1. The molecular formula is C10H22O. The second-order valence-corrected chi connectivity index (χ2v) is 3.58. The monoisotopic (exact) mass is 158 g/mol. The van der Waals surface area contributed by atoms with Crippen LogP contribution in [-0.2, 0) is 0 Å². The molecule has 1 heteroatoms. The van der Waals surface area contributed by atoms with Crippen molar-refractivity contribution >= 4 is 0 Å². The Labute approximate surface area is 70.8 Å². The van der Waals surface area contributed by atoms with Gasteiger partial charge in [-0.1, -0.05) is 33.6 Å². The Morgan fingerprint density at radius 1 is 1.18 bits per heavy atom. The highest BCUT2D eigenvalue weighted by molar-refractivity contribution is 4.69. The highest BCUT2D eigenvalue weighted by Gasteiger charge is 2.19. The molecule has 0 saturated carbocycles. The van der Waals surface area contributed by atoms with E-state index in [1.807, 2.05) is 6.92 Å². The molecule has 0 aromatic heterocycles. The molecule has 0 bridgehead atoms. The Morgan fingerprint density at radius 3 is 2.00 bits per heavy atom. The predicted octanol–water partition coefficient (Wildman–Crippen LogP) is 2.83. The first-order valence-corrected chi connectivity index (χ1v) is 4.81. The summed E-state index contributed by atoms with van der Waals surface area (Å²) in [6, 6.07) is 0. The smallest absolute Gasteiger partial charge is 0.0542 e. The second kappa shape index (κ2) is 5.59. The van der Waals surface area contributed by atoms with E-state index in [0.717, 1.165) is 6.42 Å². The van der Waals surface area contributed by atoms with Crippen LogP contribution in [0.2, 0.25) is 0 Å². The van der Waals surface area contributed by atoms with Crippen LogP contribution < -0.4 is 0 Å². The van der Waals surface area contributed by atoms with Gasteiger partial charge in [-0.15, -0.1) is 0 Å². The van der Waals surface area contributed by atoms with Gasteiger partial charge in [0.05, 0.1) is 6.10 Å². The molecular weight excluding hydrogens is 136 g/mol. The van der Waals surface area contributed by atoms with Crippen molar-refractivity contribution in [2.75, 3.05) is 0 Å². The minimum absolute atomic E-state index is 0.134. The molecule has 0 saturated heterocycles. The topological polar surface area (TPSA) is 20.2 Å². The van der Waals surface area contributed by atoms with E-state index >= 15 is 0 Å². The molecule has 11 heavy (non-hydrogen) atoms. The molecule has 1 nitrogen and oxygen atoms in total. The summed E-state index contributed by atoms with van der Waals surface area (Å²) < 4.78 is 0. The molecule has 1 N–H and O–H groups in total. The fraction of sp³-hybridized carbons (Fsp3) is 1.00. The maximum atomic E-state index is 9.44. The third kappa shape index (κ3) is 3.76. The largest absolute Gasteiger partial charge is 0.393 e. The molecule has 0 radical (unpaired) electrons. The van der Waals surface area contributed by atoms with Crippen molar-refractivity contribution in [2.45, 2.75) is 53.1 Å².